The Hall–Kier alpha value is -5.76. The quantitative estimate of drug-likeness (QED) is 0.191. The molecule has 5 heterocycles. The van der Waals surface area contributed by atoms with Gasteiger partial charge in [0.25, 0.3) is 0 Å². The third-order valence-electron chi connectivity index (χ3n) is 8.77. The lowest BCUT2D eigenvalue weighted by molar-refractivity contribution is 1.19. The predicted molar refractivity (Wildman–Crippen MR) is 175 cm³/mol. The van der Waals surface area contributed by atoms with E-state index in [1.54, 1.807) is 0 Å². The first-order chi connectivity index (χ1) is 21.4. The molecule has 3 aromatic heterocycles. The average Bonchev–Trinajstić information content (AvgIpc) is 3.74. The number of hydrogen-bond acceptors (Lipinski definition) is 6. The fraction of sp³-hybridized carbons (Fsp3) is 0.111. The van der Waals surface area contributed by atoms with Crippen molar-refractivity contribution in [3.05, 3.63) is 95.1 Å². The van der Waals surface area contributed by atoms with Gasteiger partial charge in [-0.25, -0.2) is 29.9 Å². The third kappa shape index (κ3) is 3.45. The molecule has 9 rings (SSSR count). The van der Waals surface area contributed by atoms with Gasteiger partial charge in [0.2, 0.25) is 0 Å². The molecule has 4 aromatic carbocycles. The zero-order valence-electron chi connectivity index (χ0n) is 24.6. The highest BCUT2D eigenvalue weighted by molar-refractivity contribution is 6.08. The summed E-state index contributed by atoms with van der Waals surface area (Å²) < 4.78 is 0. The fourth-order valence-corrected chi connectivity index (χ4v) is 6.68. The molecule has 0 amide bonds. The number of aromatic amines is 2. The number of fused-ring (bicyclic) bond motifs is 20. The molecule has 7 aromatic rings. The van der Waals surface area contributed by atoms with Gasteiger partial charge >= 0.3 is 0 Å². The van der Waals surface area contributed by atoms with E-state index in [0.717, 1.165) is 66.1 Å². The number of aromatic nitrogens is 8. The van der Waals surface area contributed by atoms with E-state index < -0.39 is 0 Å². The second-order valence-electron chi connectivity index (χ2n) is 11.6. The lowest BCUT2D eigenvalue weighted by atomic mass is 10.0. The van der Waals surface area contributed by atoms with Gasteiger partial charge in [0.05, 0.1) is 0 Å². The van der Waals surface area contributed by atoms with Crippen LogP contribution in [0, 0.1) is 27.7 Å². The van der Waals surface area contributed by atoms with Crippen LogP contribution in [0.2, 0.25) is 0 Å². The number of hydrogen-bond donors (Lipinski definition) is 2. The van der Waals surface area contributed by atoms with Crippen LogP contribution in [0.25, 0.3) is 89.7 Å². The van der Waals surface area contributed by atoms with Gasteiger partial charge in [-0.3, -0.25) is 0 Å². The minimum Gasteiger partial charge on any atom is -0.324 e. The van der Waals surface area contributed by atoms with Gasteiger partial charge in [0.1, 0.15) is 22.6 Å². The minimum atomic E-state index is 0.609. The van der Waals surface area contributed by atoms with E-state index in [4.69, 9.17) is 29.9 Å². The van der Waals surface area contributed by atoms with Crippen LogP contribution in [-0.2, 0) is 0 Å². The largest absolute Gasteiger partial charge is 0.324 e. The number of nitrogens with one attached hydrogen (secondary N) is 2. The summed E-state index contributed by atoms with van der Waals surface area (Å²) in [7, 11) is 0. The van der Waals surface area contributed by atoms with Gasteiger partial charge in [-0.2, -0.15) is 0 Å². The fourth-order valence-electron chi connectivity index (χ4n) is 6.68. The summed E-state index contributed by atoms with van der Waals surface area (Å²) in [5.41, 5.74) is 11.0. The molecule has 0 unspecified atom stereocenters. The van der Waals surface area contributed by atoms with Crippen LogP contribution in [-0.4, -0.2) is 39.9 Å². The lowest BCUT2D eigenvalue weighted by Crippen LogP contribution is -1.86. The second kappa shape index (κ2) is 8.87. The van der Waals surface area contributed by atoms with E-state index in [0.29, 0.717) is 45.9 Å². The van der Waals surface area contributed by atoms with E-state index >= 15 is 0 Å². The Balaban J connectivity index is 1.54. The third-order valence-corrected chi connectivity index (χ3v) is 8.77. The highest BCUT2D eigenvalue weighted by Gasteiger charge is 2.24. The zero-order chi connectivity index (χ0) is 29.7. The first kappa shape index (κ1) is 24.8. The molecule has 44 heavy (non-hydrogen) atoms. The van der Waals surface area contributed by atoms with E-state index in [9.17, 15) is 0 Å². The maximum absolute atomic E-state index is 5.17. The molecule has 210 valence electrons. The molecule has 8 heteroatoms. The summed E-state index contributed by atoms with van der Waals surface area (Å²) in [5.74, 6) is 2.46. The van der Waals surface area contributed by atoms with Crippen molar-refractivity contribution in [2.75, 3.05) is 0 Å². The highest BCUT2D eigenvalue weighted by Crippen LogP contribution is 2.39. The first-order valence-electron chi connectivity index (χ1n) is 14.7. The van der Waals surface area contributed by atoms with Crippen LogP contribution in [0.5, 0.6) is 0 Å². The van der Waals surface area contributed by atoms with Crippen molar-refractivity contribution in [3.8, 4) is 45.6 Å². The second-order valence-corrected chi connectivity index (χ2v) is 11.6. The van der Waals surface area contributed by atoms with Crippen LogP contribution in [0.3, 0.4) is 0 Å². The van der Waals surface area contributed by atoms with Gasteiger partial charge in [-0.1, -0.05) is 72.8 Å². The summed E-state index contributed by atoms with van der Waals surface area (Å²) >= 11 is 0. The van der Waals surface area contributed by atoms with E-state index in [1.165, 1.54) is 0 Å². The molecule has 0 radical (unpaired) electrons. The molecule has 0 saturated heterocycles. The van der Waals surface area contributed by atoms with Crippen molar-refractivity contribution < 1.29 is 0 Å². The number of rotatable bonds is 0. The Morgan fingerprint density at radius 2 is 0.773 bits per heavy atom. The molecule has 0 fully saturated rings. The highest BCUT2D eigenvalue weighted by atomic mass is 15.1. The van der Waals surface area contributed by atoms with Crippen molar-refractivity contribution in [2.24, 2.45) is 0 Å². The average molecular weight is 571 g/mol. The molecule has 0 spiro atoms. The molecule has 2 aliphatic heterocycles. The molecule has 0 aliphatic carbocycles. The zero-order valence-corrected chi connectivity index (χ0v) is 24.6. The van der Waals surface area contributed by atoms with Crippen LogP contribution in [0.4, 0.5) is 0 Å². The van der Waals surface area contributed by atoms with Crippen LogP contribution >= 0.6 is 0 Å². The number of nitrogens with zero attached hydrogens (tertiary/aromatic N) is 6. The SMILES string of the molecule is Cc1cccc2c1-c1nc-2nc2[nH]c(nc3nc(nc4[nH]c(n1)c1cccc(C)c41)-c1c(C)cccc1-3)c1cccc(C)c21. The van der Waals surface area contributed by atoms with Crippen molar-refractivity contribution in [1.29, 1.82) is 0 Å². The first-order valence-corrected chi connectivity index (χ1v) is 14.7. The van der Waals surface area contributed by atoms with Crippen molar-refractivity contribution >= 4 is 44.1 Å². The summed E-state index contributed by atoms with van der Waals surface area (Å²) in [6, 6.07) is 24.8. The minimum absolute atomic E-state index is 0.609. The van der Waals surface area contributed by atoms with Gasteiger partial charge < -0.3 is 9.97 Å². The summed E-state index contributed by atoms with van der Waals surface area (Å²) in [4.78, 5) is 37.7. The molecular formula is C36H26N8. The van der Waals surface area contributed by atoms with Gasteiger partial charge in [-0.15, -0.1) is 0 Å². The maximum atomic E-state index is 5.17. The standard InChI is InChI=1S/C36H26N8/c1-17-9-5-13-21-25(17)33-38-29(21)37-30-22-14-6-11-19(3)27(22)35(39-30)44-36-28-20(4)12-8-16-24(28)32(43-36)42-34-26-18(2)10-7-15-23(26)31(40-33)41-34/h5-16H,1-4H3,(H2,37,38,39,40,41,42,43,44). The van der Waals surface area contributed by atoms with Crippen molar-refractivity contribution in [3.63, 3.8) is 0 Å². The van der Waals surface area contributed by atoms with E-state index in [2.05, 4.69) is 86.2 Å². The molecule has 0 saturated carbocycles. The molecule has 2 aliphatic rings. The Morgan fingerprint density at radius 3 is 1.27 bits per heavy atom. The summed E-state index contributed by atoms with van der Waals surface area (Å²) in [5, 5.41) is 3.96. The van der Waals surface area contributed by atoms with Gasteiger partial charge in [0, 0.05) is 43.8 Å². The Kier molecular flexibility index (Phi) is 5.00. The molecule has 8 nitrogen and oxygen atoms in total. The van der Waals surface area contributed by atoms with Gasteiger partial charge in [0.15, 0.2) is 23.3 Å². The predicted octanol–water partition coefficient (Wildman–Crippen LogP) is 8.10. The van der Waals surface area contributed by atoms with E-state index in [-0.39, 0.29) is 0 Å². The Morgan fingerprint density at radius 1 is 0.386 bits per heavy atom. The lowest BCUT2D eigenvalue weighted by Gasteiger charge is -2.02. The van der Waals surface area contributed by atoms with Crippen LogP contribution in [0.1, 0.15) is 22.3 Å². The van der Waals surface area contributed by atoms with Crippen LogP contribution < -0.4 is 0 Å². The number of benzene rings is 4. The van der Waals surface area contributed by atoms with Crippen molar-refractivity contribution in [2.45, 2.75) is 27.7 Å². The topological polar surface area (TPSA) is 109 Å². The maximum Gasteiger partial charge on any atom is 0.165 e. The summed E-state index contributed by atoms with van der Waals surface area (Å²) in [6.45, 7) is 8.36. The molecule has 2 N–H and O–H groups in total. The Labute approximate surface area is 252 Å². The van der Waals surface area contributed by atoms with Gasteiger partial charge in [-0.05, 0) is 49.9 Å². The molecule has 0 atom stereocenters. The number of H-pyrrole nitrogens is 2. The molecule has 8 bridgehead atoms. The normalized spacial score (nSPS) is 12.1. The van der Waals surface area contributed by atoms with Crippen molar-refractivity contribution in [1.82, 2.24) is 39.9 Å². The smallest absolute Gasteiger partial charge is 0.165 e. The van der Waals surface area contributed by atoms with E-state index in [1.807, 2.05) is 24.3 Å². The molecular weight excluding hydrogens is 544 g/mol. The summed E-state index contributed by atoms with van der Waals surface area (Å²) in [6.07, 6.45) is 0. The number of aryl methyl sites for hydroxylation is 4. The Bertz CT molecular complexity index is 2560. The monoisotopic (exact) mass is 570 g/mol. The van der Waals surface area contributed by atoms with Crippen LogP contribution in [0.15, 0.2) is 72.8 Å².